The molecule has 0 radical (unpaired) electrons. The van der Waals surface area contributed by atoms with Crippen molar-refractivity contribution in [3.8, 4) is 0 Å². The van der Waals surface area contributed by atoms with E-state index in [1.807, 2.05) is 12.1 Å². The van der Waals surface area contributed by atoms with Crippen LogP contribution in [0.2, 0.25) is 0 Å². The Morgan fingerprint density at radius 2 is 1.52 bits per heavy atom. The molecule has 1 aromatic rings. The van der Waals surface area contributed by atoms with Crippen LogP contribution < -0.4 is 0 Å². The second-order valence-electron chi connectivity index (χ2n) is 8.15. The van der Waals surface area contributed by atoms with Gasteiger partial charge in [0.05, 0.1) is 24.2 Å². The van der Waals surface area contributed by atoms with E-state index >= 15 is 0 Å². The molecule has 0 bridgehead atoms. The first-order valence-corrected chi connectivity index (χ1v) is 12.1. The van der Waals surface area contributed by atoms with Gasteiger partial charge in [0.1, 0.15) is 0 Å². The molecule has 2 aliphatic rings. The topological polar surface area (TPSA) is 73.3 Å². The van der Waals surface area contributed by atoms with Crippen LogP contribution in [0.25, 0.3) is 0 Å². The van der Waals surface area contributed by atoms with Gasteiger partial charge in [-0.2, -0.15) is 4.31 Å². The average Bonchev–Trinajstić information content (AvgIpc) is 2.74. The predicted octanol–water partition coefficient (Wildman–Crippen LogP) is 1.20. The summed E-state index contributed by atoms with van der Waals surface area (Å²) in [7, 11) is -3.46. The summed E-state index contributed by atoms with van der Waals surface area (Å²) in [5.74, 6) is 0.430. The van der Waals surface area contributed by atoms with Gasteiger partial charge in [-0.1, -0.05) is 26.0 Å². The summed E-state index contributed by atoms with van der Waals surface area (Å²) < 4.78 is 32.8. The van der Waals surface area contributed by atoms with Gasteiger partial charge in [0.15, 0.2) is 0 Å². The molecule has 2 aliphatic heterocycles. The SMILES string of the molecule is CC[C@H](C)c1ccc(S(=O)(=O)N2CCN(C[C@@H](O)CN3CCOCC3)CC2)cc1. The van der Waals surface area contributed by atoms with Crippen molar-refractivity contribution in [2.75, 3.05) is 65.6 Å². The molecule has 0 saturated carbocycles. The number of piperazine rings is 1. The third-order valence-corrected chi connectivity index (χ3v) is 7.99. The summed E-state index contributed by atoms with van der Waals surface area (Å²) >= 11 is 0. The number of hydrogen-bond acceptors (Lipinski definition) is 6. The summed E-state index contributed by atoms with van der Waals surface area (Å²) in [6.45, 7) is 10.9. The molecule has 164 valence electrons. The van der Waals surface area contributed by atoms with E-state index in [9.17, 15) is 13.5 Å². The van der Waals surface area contributed by atoms with Crippen LogP contribution >= 0.6 is 0 Å². The van der Waals surface area contributed by atoms with E-state index in [0.29, 0.717) is 50.1 Å². The number of sulfonamides is 1. The number of rotatable bonds is 8. The Hall–Kier alpha value is -1.03. The third kappa shape index (κ3) is 5.99. The minimum absolute atomic E-state index is 0.366. The minimum atomic E-state index is -3.46. The van der Waals surface area contributed by atoms with Gasteiger partial charge >= 0.3 is 0 Å². The first-order valence-electron chi connectivity index (χ1n) is 10.7. The lowest BCUT2D eigenvalue weighted by Crippen LogP contribution is -2.52. The third-order valence-electron chi connectivity index (χ3n) is 6.07. The number of hydrogen-bond donors (Lipinski definition) is 1. The lowest BCUT2D eigenvalue weighted by atomic mass is 9.99. The number of benzene rings is 1. The van der Waals surface area contributed by atoms with E-state index in [0.717, 1.165) is 32.7 Å². The van der Waals surface area contributed by atoms with Gasteiger partial charge in [0.2, 0.25) is 10.0 Å². The van der Waals surface area contributed by atoms with E-state index in [2.05, 4.69) is 23.6 Å². The van der Waals surface area contributed by atoms with Crippen LogP contribution in [0.1, 0.15) is 31.7 Å². The van der Waals surface area contributed by atoms with E-state index in [1.165, 1.54) is 5.56 Å². The van der Waals surface area contributed by atoms with E-state index in [4.69, 9.17) is 4.74 Å². The summed E-state index contributed by atoms with van der Waals surface area (Å²) in [5.41, 5.74) is 1.17. The fraction of sp³-hybridized carbons (Fsp3) is 0.714. The van der Waals surface area contributed by atoms with E-state index in [1.54, 1.807) is 16.4 Å². The van der Waals surface area contributed by atoms with Crippen molar-refractivity contribution in [3.63, 3.8) is 0 Å². The maximum atomic E-state index is 13.0. The number of nitrogens with zero attached hydrogens (tertiary/aromatic N) is 3. The molecule has 1 N–H and O–H groups in total. The fourth-order valence-corrected chi connectivity index (χ4v) is 5.37. The van der Waals surface area contributed by atoms with Crippen molar-refractivity contribution in [2.24, 2.45) is 0 Å². The quantitative estimate of drug-likeness (QED) is 0.675. The molecule has 3 rings (SSSR count). The zero-order valence-electron chi connectivity index (χ0n) is 17.7. The van der Waals surface area contributed by atoms with Crippen LogP contribution in [0.4, 0.5) is 0 Å². The van der Waals surface area contributed by atoms with Crippen LogP contribution in [0.15, 0.2) is 29.2 Å². The maximum Gasteiger partial charge on any atom is 0.243 e. The van der Waals surface area contributed by atoms with Crippen molar-refractivity contribution in [2.45, 2.75) is 37.2 Å². The van der Waals surface area contributed by atoms with Gasteiger partial charge in [0, 0.05) is 52.4 Å². The standard InChI is InChI=1S/C21H35N3O4S/c1-3-18(2)19-4-6-21(7-5-19)29(26,27)24-10-8-22(9-11-24)16-20(25)17-23-12-14-28-15-13-23/h4-7,18,20,25H,3,8-17H2,1-2H3/t18-,20+/m0/s1. The molecule has 0 unspecified atom stereocenters. The van der Waals surface area contributed by atoms with Crippen molar-refractivity contribution in [3.05, 3.63) is 29.8 Å². The second kappa shape index (κ2) is 10.3. The van der Waals surface area contributed by atoms with E-state index in [-0.39, 0.29) is 0 Å². The van der Waals surface area contributed by atoms with Crippen LogP contribution in [0.5, 0.6) is 0 Å². The van der Waals surface area contributed by atoms with Gasteiger partial charge in [0.25, 0.3) is 0 Å². The second-order valence-corrected chi connectivity index (χ2v) is 10.1. The predicted molar refractivity (Wildman–Crippen MR) is 114 cm³/mol. The molecule has 29 heavy (non-hydrogen) atoms. The molecule has 0 aliphatic carbocycles. The fourth-order valence-electron chi connectivity index (χ4n) is 3.94. The number of β-amino-alcohol motifs (C(OH)–C–C–N with tert-alkyl or cyclic N) is 1. The number of ether oxygens (including phenoxy) is 1. The summed E-state index contributed by atoms with van der Waals surface area (Å²) in [6.07, 6.45) is 0.607. The molecular formula is C21H35N3O4S. The lowest BCUT2D eigenvalue weighted by molar-refractivity contribution is 0.00469. The smallest absolute Gasteiger partial charge is 0.243 e. The molecular weight excluding hydrogens is 390 g/mol. The monoisotopic (exact) mass is 425 g/mol. The Kier molecular flexibility index (Phi) is 8.07. The van der Waals surface area contributed by atoms with Gasteiger partial charge < -0.3 is 9.84 Å². The number of aliphatic hydroxyl groups excluding tert-OH is 1. The first kappa shape index (κ1) is 22.7. The zero-order chi connectivity index (χ0) is 20.9. The molecule has 0 amide bonds. The number of aliphatic hydroxyl groups is 1. The number of morpholine rings is 1. The molecule has 2 atom stereocenters. The Morgan fingerprint density at radius 3 is 2.07 bits per heavy atom. The highest BCUT2D eigenvalue weighted by molar-refractivity contribution is 7.89. The molecule has 0 aromatic heterocycles. The first-order chi connectivity index (χ1) is 13.9. The highest BCUT2D eigenvalue weighted by Crippen LogP contribution is 2.23. The Morgan fingerprint density at radius 1 is 0.966 bits per heavy atom. The van der Waals surface area contributed by atoms with Crippen molar-refractivity contribution >= 4 is 10.0 Å². The maximum absolute atomic E-state index is 13.0. The van der Waals surface area contributed by atoms with Crippen LogP contribution in [0, 0.1) is 0 Å². The van der Waals surface area contributed by atoms with Gasteiger partial charge in [-0.3, -0.25) is 9.80 Å². The molecule has 0 spiro atoms. The molecule has 1 aromatic carbocycles. The molecule has 2 fully saturated rings. The van der Waals surface area contributed by atoms with Crippen molar-refractivity contribution in [1.29, 1.82) is 0 Å². The van der Waals surface area contributed by atoms with Gasteiger partial charge in [-0.15, -0.1) is 0 Å². The lowest BCUT2D eigenvalue weighted by Gasteiger charge is -2.36. The molecule has 8 heteroatoms. The largest absolute Gasteiger partial charge is 0.390 e. The molecule has 2 heterocycles. The Labute approximate surface area is 175 Å². The van der Waals surface area contributed by atoms with Crippen LogP contribution in [-0.2, 0) is 14.8 Å². The van der Waals surface area contributed by atoms with Crippen LogP contribution in [0.3, 0.4) is 0 Å². The average molecular weight is 426 g/mol. The summed E-state index contributed by atoms with van der Waals surface area (Å²) in [4.78, 5) is 4.74. The zero-order valence-corrected chi connectivity index (χ0v) is 18.5. The van der Waals surface area contributed by atoms with Crippen molar-refractivity contribution < 1.29 is 18.3 Å². The van der Waals surface area contributed by atoms with Crippen LogP contribution in [-0.4, -0.2) is 99.3 Å². The highest BCUT2D eigenvalue weighted by Gasteiger charge is 2.29. The Balaban J connectivity index is 1.50. The summed E-state index contributed by atoms with van der Waals surface area (Å²) in [5, 5.41) is 10.4. The van der Waals surface area contributed by atoms with Gasteiger partial charge in [-0.05, 0) is 30.0 Å². The normalized spacial score (nSPS) is 22.4. The Bertz CT molecular complexity index is 727. The minimum Gasteiger partial charge on any atom is -0.390 e. The van der Waals surface area contributed by atoms with Crippen molar-refractivity contribution in [1.82, 2.24) is 14.1 Å². The van der Waals surface area contributed by atoms with Gasteiger partial charge in [-0.25, -0.2) is 8.42 Å². The van der Waals surface area contributed by atoms with E-state index < -0.39 is 16.1 Å². The molecule has 7 nitrogen and oxygen atoms in total. The summed E-state index contributed by atoms with van der Waals surface area (Å²) in [6, 6.07) is 7.32. The molecule has 2 saturated heterocycles. The highest BCUT2D eigenvalue weighted by atomic mass is 32.2.